The van der Waals surface area contributed by atoms with Crippen LogP contribution >= 0.6 is 10.8 Å². The number of unbranched alkanes of at least 4 members (excludes halogenated alkanes) is 3. The van der Waals surface area contributed by atoms with E-state index in [0.717, 1.165) is 6.42 Å². The summed E-state index contributed by atoms with van der Waals surface area (Å²) in [5, 5.41) is 3.72. The van der Waals surface area contributed by atoms with Gasteiger partial charge in [-0.25, -0.2) is 0 Å². The van der Waals surface area contributed by atoms with Crippen LogP contribution in [0.1, 0.15) is 43.9 Å². The molecule has 0 amide bonds. The second-order valence-corrected chi connectivity index (χ2v) is 7.20. The number of aromatic nitrogens is 1. The molecule has 0 saturated carbocycles. The molecule has 1 aromatic carbocycles. The van der Waals surface area contributed by atoms with Gasteiger partial charge in [0.15, 0.2) is 5.82 Å². The summed E-state index contributed by atoms with van der Waals surface area (Å²) in [7, 11) is -3.12. The minimum absolute atomic E-state index is 0.321. The molecule has 0 atom stereocenters. The van der Waals surface area contributed by atoms with E-state index in [1.165, 1.54) is 31.2 Å². The molecule has 6 heteroatoms. The molecular formula is C16H24N2O3S. The molecule has 2 aromatic rings. The smallest absolute Gasteiger partial charge is 0.187 e. The highest BCUT2D eigenvalue weighted by atomic mass is 32.3. The number of rotatable bonds is 8. The molecular weight excluding hydrogens is 300 g/mol. The van der Waals surface area contributed by atoms with Crippen molar-refractivity contribution in [2.75, 3.05) is 4.72 Å². The van der Waals surface area contributed by atoms with E-state index in [1.807, 2.05) is 12.1 Å². The Morgan fingerprint density at radius 2 is 1.86 bits per heavy atom. The zero-order valence-corrected chi connectivity index (χ0v) is 13.9. The van der Waals surface area contributed by atoms with Gasteiger partial charge in [0.1, 0.15) is 5.76 Å². The Bertz CT molecular complexity index is 581. The molecule has 0 spiro atoms. The maximum Gasteiger partial charge on any atom is 0.187 e. The van der Waals surface area contributed by atoms with Crippen LogP contribution in [0.5, 0.6) is 0 Å². The number of aryl methyl sites for hydroxylation is 2. The number of anilines is 1. The summed E-state index contributed by atoms with van der Waals surface area (Å²) in [6.07, 6.45) is 5.92. The van der Waals surface area contributed by atoms with Crippen LogP contribution in [-0.2, 0) is 6.42 Å². The molecule has 0 radical (unpaired) electrons. The predicted octanol–water partition coefficient (Wildman–Crippen LogP) is 5.24. The number of nitrogens with zero attached hydrogens (tertiary/aromatic N) is 1. The van der Waals surface area contributed by atoms with Crippen LogP contribution < -0.4 is 4.72 Å². The number of benzene rings is 1. The fourth-order valence-electron chi connectivity index (χ4n) is 2.22. The van der Waals surface area contributed by atoms with Gasteiger partial charge in [0.25, 0.3) is 0 Å². The molecule has 0 saturated heterocycles. The lowest BCUT2D eigenvalue weighted by Gasteiger charge is -2.32. The Balaban J connectivity index is 1.96. The van der Waals surface area contributed by atoms with Gasteiger partial charge in [-0.2, -0.15) is 0 Å². The van der Waals surface area contributed by atoms with E-state index in [-0.39, 0.29) is 0 Å². The highest BCUT2D eigenvalue weighted by Gasteiger charge is 2.17. The van der Waals surface area contributed by atoms with Crippen LogP contribution in [0.4, 0.5) is 5.82 Å². The lowest BCUT2D eigenvalue weighted by molar-refractivity contribution is 0.399. The van der Waals surface area contributed by atoms with Gasteiger partial charge < -0.3 is 4.52 Å². The lowest BCUT2D eigenvalue weighted by atomic mass is 10.1. The van der Waals surface area contributed by atoms with E-state index in [4.69, 9.17) is 4.52 Å². The molecule has 0 aliphatic rings. The van der Waals surface area contributed by atoms with Gasteiger partial charge >= 0.3 is 0 Å². The van der Waals surface area contributed by atoms with Crippen LogP contribution in [0.15, 0.2) is 39.8 Å². The fourth-order valence-corrected chi connectivity index (χ4v) is 3.24. The molecule has 22 heavy (non-hydrogen) atoms. The Kier molecular flexibility index (Phi) is 5.88. The average Bonchev–Trinajstić information content (AvgIpc) is 2.88. The molecule has 122 valence electrons. The monoisotopic (exact) mass is 324 g/mol. The normalized spacial score (nSPS) is 12.4. The zero-order valence-electron chi connectivity index (χ0n) is 13.1. The number of hydrogen-bond acceptors (Lipinski definition) is 5. The summed E-state index contributed by atoms with van der Waals surface area (Å²) >= 11 is 0. The Hall–Kier alpha value is -1.50. The molecule has 1 aromatic heterocycles. The summed E-state index contributed by atoms with van der Waals surface area (Å²) < 4.78 is 28.0. The van der Waals surface area contributed by atoms with Crippen LogP contribution in [0, 0.1) is 6.92 Å². The Morgan fingerprint density at radius 3 is 2.45 bits per heavy atom. The van der Waals surface area contributed by atoms with Crippen LogP contribution in [0.2, 0.25) is 0 Å². The van der Waals surface area contributed by atoms with Crippen molar-refractivity contribution < 1.29 is 13.6 Å². The SMILES string of the molecule is CCCCCCc1ccc(S(O)(O)Nc2cc(C)on2)cc1. The average molecular weight is 324 g/mol. The first-order valence-corrected chi connectivity index (χ1v) is 9.14. The molecule has 0 unspecified atom stereocenters. The van der Waals surface area contributed by atoms with Crippen molar-refractivity contribution in [3.8, 4) is 0 Å². The van der Waals surface area contributed by atoms with Gasteiger partial charge in [0.2, 0.25) is 0 Å². The van der Waals surface area contributed by atoms with Crippen molar-refractivity contribution in [2.24, 2.45) is 0 Å². The first-order chi connectivity index (χ1) is 10.5. The molecule has 0 aliphatic heterocycles. The molecule has 5 nitrogen and oxygen atoms in total. The van der Waals surface area contributed by atoms with Gasteiger partial charge in [0, 0.05) is 6.07 Å². The van der Waals surface area contributed by atoms with E-state index >= 15 is 0 Å². The molecule has 3 N–H and O–H groups in total. The third-order valence-electron chi connectivity index (χ3n) is 3.45. The third kappa shape index (κ3) is 4.76. The van der Waals surface area contributed by atoms with Crippen molar-refractivity contribution in [3.63, 3.8) is 0 Å². The molecule has 0 aliphatic carbocycles. The van der Waals surface area contributed by atoms with E-state index in [1.54, 1.807) is 25.1 Å². The first-order valence-electron chi connectivity index (χ1n) is 7.59. The Labute approximate surface area is 133 Å². The largest absolute Gasteiger partial charge is 0.360 e. The van der Waals surface area contributed by atoms with Crippen LogP contribution in [-0.4, -0.2) is 14.3 Å². The van der Waals surface area contributed by atoms with E-state index in [9.17, 15) is 9.11 Å². The highest BCUT2D eigenvalue weighted by Crippen LogP contribution is 2.47. The van der Waals surface area contributed by atoms with Gasteiger partial charge in [-0.3, -0.25) is 13.8 Å². The fraction of sp³-hybridized carbons (Fsp3) is 0.438. The van der Waals surface area contributed by atoms with Crippen molar-refractivity contribution >= 4 is 16.6 Å². The van der Waals surface area contributed by atoms with Gasteiger partial charge in [-0.15, -0.1) is 0 Å². The predicted molar refractivity (Wildman–Crippen MR) is 90.3 cm³/mol. The van der Waals surface area contributed by atoms with E-state index in [0.29, 0.717) is 16.5 Å². The molecule has 0 fully saturated rings. The quantitative estimate of drug-likeness (QED) is 0.579. The summed E-state index contributed by atoms with van der Waals surface area (Å²) in [4.78, 5) is 0.450. The second-order valence-electron chi connectivity index (χ2n) is 5.43. The first kappa shape index (κ1) is 16.9. The number of hydrogen-bond donors (Lipinski definition) is 3. The minimum Gasteiger partial charge on any atom is -0.360 e. The van der Waals surface area contributed by atoms with Crippen LogP contribution in [0.25, 0.3) is 0 Å². The van der Waals surface area contributed by atoms with E-state index in [2.05, 4.69) is 16.8 Å². The summed E-state index contributed by atoms with van der Waals surface area (Å²) in [5.74, 6) is 0.932. The zero-order chi connectivity index (χ0) is 16.0. The topological polar surface area (TPSA) is 78.5 Å². The van der Waals surface area contributed by atoms with Gasteiger partial charge in [-0.05, 0) is 37.5 Å². The molecule has 0 bridgehead atoms. The van der Waals surface area contributed by atoms with Gasteiger partial charge in [-0.1, -0.05) is 54.3 Å². The molecule has 1 heterocycles. The van der Waals surface area contributed by atoms with Crippen LogP contribution in [0.3, 0.4) is 0 Å². The summed E-state index contributed by atoms with van der Waals surface area (Å²) in [6, 6.07) is 9.03. The molecule has 2 rings (SSSR count). The third-order valence-corrected chi connectivity index (χ3v) is 4.87. The van der Waals surface area contributed by atoms with Crippen molar-refractivity contribution in [1.82, 2.24) is 5.16 Å². The maximum atomic E-state index is 10.2. The summed E-state index contributed by atoms with van der Waals surface area (Å²) in [5.41, 5.74) is 1.22. The second kappa shape index (κ2) is 7.67. The maximum absolute atomic E-state index is 10.2. The van der Waals surface area contributed by atoms with Crippen molar-refractivity contribution in [1.29, 1.82) is 0 Å². The standard InChI is InChI=1S/C16H24N2O3S/c1-3-4-5-6-7-14-8-10-15(11-9-14)22(19,20)18-16-12-13(2)21-17-16/h8-12,19-20H,3-7H2,1-2H3,(H,17,18). The Morgan fingerprint density at radius 1 is 1.14 bits per heavy atom. The summed E-state index contributed by atoms with van der Waals surface area (Å²) in [6.45, 7) is 3.94. The van der Waals surface area contributed by atoms with Gasteiger partial charge in [0.05, 0.1) is 4.90 Å². The van der Waals surface area contributed by atoms with E-state index < -0.39 is 10.8 Å². The lowest BCUT2D eigenvalue weighted by Crippen LogP contribution is -2.09. The van der Waals surface area contributed by atoms with Crippen molar-refractivity contribution in [3.05, 3.63) is 41.7 Å². The minimum atomic E-state index is -3.12. The van der Waals surface area contributed by atoms with Crippen molar-refractivity contribution in [2.45, 2.75) is 50.8 Å². The highest BCUT2D eigenvalue weighted by molar-refractivity contribution is 8.25. The number of nitrogens with one attached hydrogen (secondary N) is 1.